The molecule has 0 saturated carbocycles. The molecule has 0 aliphatic carbocycles. The molecule has 0 atom stereocenters. The van der Waals surface area contributed by atoms with E-state index in [1.165, 1.54) is 6.07 Å². The number of carbonyl (C=O) groups is 1. The zero-order valence-corrected chi connectivity index (χ0v) is 16.7. The quantitative estimate of drug-likeness (QED) is 0.660. The van der Waals surface area contributed by atoms with E-state index in [4.69, 9.17) is 21.1 Å². The van der Waals surface area contributed by atoms with Crippen molar-refractivity contribution in [3.63, 3.8) is 0 Å². The highest BCUT2D eigenvalue weighted by Gasteiger charge is 2.18. The number of hydrogen-bond donors (Lipinski definition) is 1. The van der Waals surface area contributed by atoms with Crippen molar-refractivity contribution in [2.24, 2.45) is 0 Å². The van der Waals surface area contributed by atoms with Gasteiger partial charge in [-0.25, -0.2) is 9.18 Å². The van der Waals surface area contributed by atoms with E-state index in [1.807, 2.05) is 20.8 Å². The number of aromatic hydroxyl groups is 1. The molecule has 2 aromatic rings. The summed E-state index contributed by atoms with van der Waals surface area (Å²) in [5.41, 5.74) is 2.34. The van der Waals surface area contributed by atoms with E-state index in [1.54, 1.807) is 25.1 Å². The van der Waals surface area contributed by atoms with Crippen molar-refractivity contribution in [3.8, 4) is 11.5 Å². The number of carbonyl (C=O) groups excluding carboxylic acids is 1. The van der Waals surface area contributed by atoms with E-state index in [9.17, 15) is 14.3 Å². The number of phenols is 1. The summed E-state index contributed by atoms with van der Waals surface area (Å²) in [6.07, 6.45) is 0.286. The van der Waals surface area contributed by atoms with Crippen LogP contribution in [0.25, 0.3) is 0 Å². The number of ether oxygens (including phenoxy) is 2. The lowest BCUT2D eigenvalue weighted by Gasteiger charge is -2.16. The minimum absolute atomic E-state index is 0.0446. The third-order valence-electron chi connectivity index (χ3n) is 4.24. The van der Waals surface area contributed by atoms with Crippen LogP contribution in [0.1, 0.15) is 48.9 Å². The lowest BCUT2D eigenvalue weighted by molar-refractivity contribution is -0.145. The summed E-state index contributed by atoms with van der Waals surface area (Å²) in [6.45, 7) is 7.32. The Bertz CT molecular complexity index is 810. The molecule has 6 heteroatoms. The number of esters is 1. The van der Waals surface area contributed by atoms with E-state index in [0.717, 1.165) is 11.1 Å². The van der Waals surface area contributed by atoms with Crippen molar-refractivity contribution in [2.45, 2.75) is 40.0 Å². The van der Waals surface area contributed by atoms with Gasteiger partial charge in [0.1, 0.15) is 17.3 Å². The fourth-order valence-corrected chi connectivity index (χ4v) is 3.22. The molecule has 4 nitrogen and oxygen atoms in total. The number of phenolic OH excluding ortho intramolecular Hbond substituents is 1. The van der Waals surface area contributed by atoms with Crippen LogP contribution in [0.3, 0.4) is 0 Å². The lowest BCUT2D eigenvalue weighted by Crippen LogP contribution is -2.14. The number of aryl methyl sites for hydroxylation is 1. The fraction of sp³-hybridized carbons (Fsp3) is 0.381. The van der Waals surface area contributed by atoms with Gasteiger partial charge in [0.05, 0.1) is 6.61 Å². The largest absolute Gasteiger partial charge is 0.508 e. The molecule has 0 spiro atoms. The highest BCUT2D eigenvalue weighted by Crippen LogP contribution is 2.33. The summed E-state index contributed by atoms with van der Waals surface area (Å²) in [7, 11) is 0. The molecule has 0 bridgehead atoms. The van der Waals surface area contributed by atoms with E-state index in [2.05, 4.69) is 0 Å². The predicted molar refractivity (Wildman–Crippen MR) is 103 cm³/mol. The topological polar surface area (TPSA) is 55.8 Å². The van der Waals surface area contributed by atoms with Crippen LogP contribution in [0.4, 0.5) is 4.39 Å². The average molecular weight is 395 g/mol. The monoisotopic (exact) mass is 394 g/mol. The summed E-state index contributed by atoms with van der Waals surface area (Å²) in [6, 6.07) is 6.43. The van der Waals surface area contributed by atoms with Crippen LogP contribution in [0.2, 0.25) is 5.02 Å². The van der Waals surface area contributed by atoms with Crippen LogP contribution in [0, 0.1) is 12.7 Å². The minimum atomic E-state index is -0.456. The Kier molecular flexibility index (Phi) is 7.08. The first-order chi connectivity index (χ1) is 12.7. The maximum Gasteiger partial charge on any atom is 0.344 e. The van der Waals surface area contributed by atoms with Crippen molar-refractivity contribution in [1.82, 2.24) is 0 Å². The zero-order valence-electron chi connectivity index (χ0n) is 15.9. The number of rotatable bonds is 7. The second-order valence-electron chi connectivity index (χ2n) is 6.60. The first kappa shape index (κ1) is 21.0. The molecule has 27 heavy (non-hydrogen) atoms. The van der Waals surface area contributed by atoms with Crippen LogP contribution < -0.4 is 4.74 Å². The van der Waals surface area contributed by atoms with Crippen LogP contribution in [-0.2, 0) is 16.0 Å². The van der Waals surface area contributed by atoms with Gasteiger partial charge >= 0.3 is 5.97 Å². The van der Waals surface area contributed by atoms with Gasteiger partial charge in [0.2, 0.25) is 0 Å². The maximum atomic E-state index is 14.8. The highest BCUT2D eigenvalue weighted by molar-refractivity contribution is 6.31. The lowest BCUT2D eigenvalue weighted by atomic mass is 9.94. The molecule has 0 aromatic heterocycles. The van der Waals surface area contributed by atoms with Crippen LogP contribution in [0.5, 0.6) is 11.5 Å². The van der Waals surface area contributed by atoms with Gasteiger partial charge in [0.15, 0.2) is 6.61 Å². The molecule has 0 heterocycles. The van der Waals surface area contributed by atoms with Gasteiger partial charge in [-0.2, -0.15) is 0 Å². The van der Waals surface area contributed by atoms with Crippen LogP contribution in [-0.4, -0.2) is 24.3 Å². The number of hydrogen-bond acceptors (Lipinski definition) is 4. The van der Waals surface area contributed by atoms with Gasteiger partial charge < -0.3 is 14.6 Å². The van der Waals surface area contributed by atoms with Gasteiger partial charge in [-0.1, -0.05) is 31.5 Å². The van der Waals surface area contributed by atoms with Crippen LogP contribution in [0.15, 0.2) is 24.3 Å². The Morgan fingerprint density at radius 1 is 1.30 bits per heavy atom. The molecule has 2 rings (SSSR count). The Morgan fingerprint density at radius 3 is 2.59 bits per heavy atom. The second kappa shape index (κ2) is 9.09. The summed E-state index contributed by atoms with van der Waals surface area (Å²) in [5.74, 6) is -0.605. The number of benzene rings is 2. The Balaban J connectivity index is 2.25. The van der Waals surface area contributed by atoms with E-state index in [-0.39, 0.29) is 31.3 Å². The standard InChI is InChI=1S/C21H24ClFO4/c1-5-26-19(25)11-27-15-8-13(4)16(17(22)10-15)9-14-6-7-18(24)20(12(2)3)21(14)23/h6-8,10,12,24H,5,9,11H2,1-4H3. The Labute approximate surface area is 163 Å². The molecular formula is C21H24ClFO4. The summed E-state index contributed by atoms with van der Waals surface area (Å²) >= 11 is 6.38. The first-order valence-corrected chi connectivity index (χ1v) is 9.20. The van der Waals surface area contributed by atoms with Crippen molar-refractivity contribution < 1.29 is 23.8 Å². The van der Waals surface area contributed by atoms with E-state index in [0.29, 0.717) is 21.9 Å². The average Bonchev–Trinajstić information content (AvgIpc) is 2.58. The van der Waals surface area contributed by atoms with Gasteiger partial charge in [0.25, 0.3) is 0 Å². The third-order valence-corrected chi connectivity index (χ3v) is 4.57. The van der Waals surface area contributed by atoms with E-state index >= 15 is 0 Å². The molecule has 0 fully saturated rings. The fourth-order valence-electron chi connectivity index (χ4n) is 2.90. The molecule has 0 amide bonds. The second-order valence-corrected chi connectivity index (χ2v) is 7.00. The molecule has 1 N–H and O–H groups in total. The molecule has 0 aliphatic heterocycles. The van der Waals surface area contributed by atoms with Gasteiger partial charge in [-0.05, 0) is 54.7 Å². The van der Waals surface area contributed by atoms with Crippen LogP contribution >= 0.6 is 11.6 Å². The number of halogens is 2. The maximum absolute atomic E-state index is 14.8. The van der Waals surface area contributed by atoms with Crippen molar-refractivity contribution in [1.29, 1.82) is 0 Å². The normalized spacial score (nSPS) is 10.9. The molecule has 2 aromatic carbocycles. The highest BCUT2D eigenvalue weighted by atomic mass is 35.5. The Hall–Kier alpha value is -2.27. The molecule has 0 aliphatic rings. The molecule has 0 radical (unpaired) electrons. The Morgan fingerprint density at radius 2 is 2.00 bits per heavy atom. The van der Waals surface area contributed by atoms with Crippen molar-refractivity contribution in [2.75, 3.05) is 13.2 Å². The van der Waals surface area contributed by atoms with Gasteiger partial charge in [-0.15, -0.1) is 0 Å². The summed E-state index contributed by atoms with van der Waals surface area (Å²) in [4.78, 5) is 11.4. The van der Waals surface area contributed by atoms with Crippen molar-refractivity contribution >= 4 is 17.6 Å². The molecular weight excluding hydrogens is 371 g/mol. The summed E-state index contributed by atoms with van der Waals surface area (Å²) < 4.78 is 25.0. The smallest absolute Gasteiger partial charge is 0.344 e. The summed E-state index contributed by atoms with van der Waals surface area (Å²) in [5, 5.41) is 10.3. The zero-order chi connectivity index (χ0) is 20.1. The molecule has 146 valence electrons. The molecule has 0 unspecified atom stereocenters. The third kappa shape index (κ3) is 5.13. The van der Waals surface area contributed by atoms with E-state index < -0.39 is 11.8 Å². The molecule has 0 saturated heterocycles. The van der Waals surface area contributed by atoms with Gasteiger partial charge in [-0.3, -0.25) is 0 Å². The SMILES string of the molecule is CCOC(=O)COc1cc(C)c(Cc2ccc(O)c(C(C)C)c2F)c(Cl)c1. The first-order valence-electron chi connectivity index (χ1n) is 8.82. The van der Waals surface area contributed by atoms with Gasteiger partial charge in [0, 0.05) is 17.0 Å². The van der Waals surface area contributed by atoms with Crippen molar-refractivity contribution in [3.05, 3.63) is 57.4 Å². The predicted octanol–water partition coefficient (Wildman–Crippen LogP) is 5.15. The minimum Gasteiger partial charge on any atom is -0.508 e.